The first-order chi connectivity index (χ1) is 4.99. The Hall–Kier alpha value is 0.400. The minimum Gasteiger partial charge on any atom is -0.377 e. The summed E-state index contributed by atoms with van der Waals surface area (Å²) in [6.45, 7) is 5.04. The highest BCUT2D eigenvalue weighted by molar-refractivity contribution is 8.08. The van der Waals surface area contributed by atoms with E-state index in [1.165, 1.54) is 0 Å². The lowest BCUT2D eigenvalue weighted by Gasteiger charge is -2.12. The maximum atomic E-state index is 10.6. The zero-order chi connectivity index (χ0) is 8.48. The van der Waals surface area contributed by atoms with Gasteiger partial charge in [-0.2, -0.15) is 0 Å². The van der Waals surface area contributed by atoms with E-state index in [2.05, 4.69) is 13.8 Å². The highest BCUT2D eigenvalue weighted by Crippen LogP contribution is 2.31. The van der Waals surface area contributed by atoms with Crippen molar-refractivity contribution < 1.29 is 8.95 Å². The molecular weight excluding hydrogens is 184 g/mol. The fraction of sp³-hybridized carbons (Fsp3) is 1.00. The Kier molecular flexibility index (Phi) is 2.95. The molecule has 2 nitrogen and oxygen atoms in total. The summed E-state index contributed by atoms with van der Waals surface area (Å²) in [7, 11) is 4.10. The molecule has 0 aromatic carbocycles. The van der Waals surface area contributed by atoms with Crippen LogP contribution in [0.15, 0.2) is 0 Å². The zero-order valence-electron chi connectivity index (χ0n) is 6.80. The van der Waals surface area contributed by atoms with Crippen molar-refractivity contribution in [1.29, 1.82) is 0 Å². The summed E-state index contributed by atoms with van der Waals surface area (Å²) in [6.07, 6.45) is 1.06. The molecule has 0 aromatic heterocycles. The zero-order valence-corrected chi connectivity index (χ0v) is 8.37. The third-order valence-electron chi connectivity index (χ3n) is 1.81. The van der Waals surface area contributed by atoms with E-state index in [1.54, 1.807) is 0 Å². The Bertz CT molecular complexity index is 170. The van der Waals surface area contributed by atoms with Gasteiger partial charge >= 0.3 is 0 Å². The molecule has 11 heavy (non-hydrogen) atoms. The molecule has 0 saturated carbocycles. The van der Waals surface area contributed by atoms with Crippen LogP contribution < -0.4 is 0 Å². The van der Waals surface area contributed by atoms with Crippen LogP contribution in [-0.4, -0.2) is 22.7 Å². The largest absolute Gasteiger partial charge is 0.377 e. The Morgan fingerprint density at radius 1 is 1.73 bits per heavy atom. The number of halogens is 1. The van der Waals surface area contributed by atoms with Crippen LogP contribution in [0.5, 0.6) is 0 Å². The summed E-state index contributed by atoms with van der Waals surface area (Å²) in [5, 5.41) is 0. The molecule has 1 rings (SSSR count). The van der Waals surface area contributed by atoms with Crippen molar-refractivity contribution in [3.8, 4) is 0 Å². The van der Waals surface area contributed by atoms with Crippen LogP contribution >= 0.6 is 10.7 Å². The molecule has 1 heterocycles. The molecule has 0 aliphatic carbocycles. The average molecular weight is 197 g/mol. The minimum atomic E-state index is -1.24. The molecule has 0 amide bonds. The third-order valence-corrected chi connectivity index (χ3v) is 2.82. The van der Waals surface area contributed by atoms with Gasteiger partial charge in [-0.3, -0.25) is 0 Å². The summed E-state index contributed by atoms with van der Waals surface area (Å²) in [6, 6.07) is 0. The fourth-order valence-electron chi connectivity index (χ4n) is 1.33. The van der Waals surface area contributed by atoms with Crippen molar-refractivity contribution in [1.82, 2.24) is 0 Å². The highest BCUT2D eigenvalue weighted by Gasteiger charge is 2.32. The summed E-state index contributed by atoms with van der Waals surface area (Å²) < 4.78 is 16.0. The van der Waals surface area contributed by atoms with E-state index in [-0.39, 0.29) is 11.5 Å². The van der Waals surface area contributed by atoms with Crippen molar-refractivity contribution in [2.45, 2.75) is 26.4 Å². The Morgan fingerprint density at radius 2 is 2.36 bits per heavy atom. The van der Waals surface area contributed by atoms with Crippen LogP contribution in [0, 0.1) is 5.41 Å². The molecule has 2 unspecified atom stereocenters. The van der Waals surface area contributed by atoms with Gasteiger partial charge < -0.3 is 4.74 Å². The number of hydrogen-bond acceptors (Lipinski definition) is 2. The van der Waals surface area contributed by atoms with Crippen molar-refractivity contribution in [3.05, 3.63) is 0 Å². The molecule has 66 valence electrons. The lowest BCUT2D eigenvalue weighted by atomic mass is 9.91. The van der Waals surface area contributed by atoms with Crippen LogP contribution in [0.2, 0.25) is 0 Å². The minimum absolute atomic E-state index is 0.100. The van der Waals surface area contributed by atoms with Gasteiger partial charge in [0, 0.05) is 0 Å². The van der Waals surface area contributed by atoms with E-state index in [1.807, 2.05) is 0 Å². The van der Waals surface area contributed by atoms with Crippen LogP contribution in [0.4, 0.5) is 0 Å². The van der Waals surface area contributed by atoms with Gasteiger partial charge in [0.2, 0.25) is 0 Å². The predicted octanol–water partition coefficient (Wildman–Crippen LogP) is 1.70. The van der Waals surface area contributed by atoms with Crippen molar-refractivity contribution in [2.24, 2.45) is 5.41 Å². The van der Waals surface area contributed by atoms with Gasteiger partial charge in [-0.05, 0) is 22.5 Å². The Balaban J connectivity index is 2.36. The maximum Gasteiger partial charge on any atom is 0.117 e. The van der Waals surface area contributed by atoms with Crippen molar-refractivity contribution in [2.75, 3.05) is 12.4 Å². The van der Waals surface area contributed by atoms with Gasteiger partial charge in [0.1, 0.15) is 10.0 Å². The molecule has 4 heteroatoms. The lowest BCUT2D eigenvalue weighted by Crippen LogP contribution is -2.14. The first-order valence-corrected chi connectivity index (χ1v) is 5.80. The number of ether oxygens (including phenoxy) is 1. The molecule has 0 aromatic rings. The molecule has 0 spiro atoms. The van der Waals surface area contributed by atoms with E-state index in [4.69, 9.17) is 15.4 Å². The van der Waals surface area contributed by atoms with E-state index in [0.717, 1.165) is 13.0 Å². The van der Waals surface area contributed by atoms with Gasteiger partial charge in [-0.25, -0.2) is 4.21 Å². The summed E-state index contributed by atoms with van der Waals surface area (Å²) in [4.78, 5) is 0. The molecule has 0 radical (unpaired) electrons. The summed E-state index contributed by atoms with van der Waals surface area (Å²) in [5.41, 5.74) is 0.237. The highest BCUT2D eigenvalue weighted by atomic mass is 35.7. The van der Waals surface area contributed by atoms with E-state index >= 15 is 0 Å². The van der Waals surface area contributed by atoms with Gasteiger partial charge in [0.25, 0.3) is 0 Å². The number of hydrogen-bond donors (Lipinski definition) is 0. The second kappa shape index (κ2) is 3.42. The van der Waals surface area contributed by atoms with Crippen molar-refractivity contribution in [3.63, 3.8) is 0 Å². The maximum absolute atomic E-state index is 10.6. The van der Waals surface area contributed by atoms with E-state index < -0.39 is 10.0 Å². The number of rotatable bonds is 2. The van der Waals surface area contributed by atoms with Gasteiger partial charge in [-0.15, -0.1) is 0 Å². The SMILES string of the molecule is CC1(C)COC(CS(=O)Cl)C1. The van der Waals surface area contributed by atoms with E-state index in [9.17, 15) is 4.21 Å². The summed E-state index contributed by atoms with van der Waals surface area (Å²) in [5.74, 6) is 0.463. The second-order valence-corrected chi connectivity index (χ2v) is 5.70. The molecular formula is C7H13ClO2S. The Labute approximate surface area is 74.2 Å². The quantitative estimate of drug-likeness (QED) is 0.629. The molecule has 1 fully saturated rings. The fourth-order valence-corrected chi connectivity index (χ4v) is 2.26. The standard InChI is InChI=1S/C7H13ClO2S/c1-7(2)3-6(10-5-7)4-11(8)9/h6H,3-5H2,1-2H3. The molecule has 2 atom stereocenters. The second-order valence-electron chi connectivity index (χ2n) is 3.76. The van der Waals surface area contributed by atoms with Crippen molar-refractivity contribution >= 4 is 20.7 Å². The van der Waals surface area contributed by atoms with Crippen LogP contribution in [0.1, 0.15) is 20.3 Å². The Morgan fingerprint density at radius 3 is 2.73 bits per heavy atom. The molecule has 1 aliphatic heterocycles. The molecule has 0 N–H and O–H groups in total. The topological polar surface area (TPSA) is 26.3 Å². The molecule has 0 bridgehead atoms. The summed E-state index contributed by atoms with van der Waals surface area (Å²) >= 11 is 0. The smallest absolute Gasteiger partial charge is 0.117 e. The monoisotopic (exact) mass is 196 g/mol. The van der Waals surface area contributed by atoms with Gasteiger partial charge in [-0.1, -0.05) is 13.8 Å². The van der Waals surface area contributed by atoms with Crippen LogP contribution in [0.25, 0.3) is 0 Å². The van der Waals surface area contributed by atoms with Gasteiger partial charge in [0.05, 0.1) is 18.5 Å². The normalized spacial score (nSPS) is 32.1. The average Bonchev–Trinajstić information content (AvgIpc) is 2.08. The van der Waals surface area contributed by atoms with Gasteiger partial charge in [0.15, 0.2) is 0 Å². The molecule has 1 saturated heterocycles. The van der Waals surface area contributed by atoms with Crippen LogP contribution in [-0.2, 0) is 14.7 Å². The first-order valence-electron chi connectivity index (χ1n) is 3.66. The third kappa shape index (κ3) is 3.09. The van der Waals surface area contributed by atoms with E-state index in [0.29, 0.717) is 5.75 Å². The van der Waals surface area contributed by atoms with Crippen LogP contribution in [0.3, 0.4) is 0 Å². The lowest BCUT2D eigenvalue weighted by molar-refractivity contribution is 0.114. The first kappa shape index (κ1) is 9.49. The molecule has 1 aliphatic rings. The predicted molar refractivity (Wildman–Crippen MR) is 47.0 cm³/mol.